The largest absolute Gasteiger partial charge is 0.506 e. The fourth-order valence-electron chi connectivity index (χ4n) is 3.03. The van der Waals surface area contributed by atoms with Gasteiger partial charge in [-0.25, -0.2) is 0 Å². The molecule has 0 unspecified atom stereocenters. The van der Waals surface area contributed by atoms with Crippen molar-refractivity contribution in [3.05, 3.63) is 53.1 Å². The van der Waals surface area contributed by atoms with E-state index < -0.39 is 0 Å². The van der Waals surface area contributed by atoms with Gasteiger partial charge in [0.25, 0.3) is 0 Å². The van der Waals surface area contributed by atoms with Gasteiger partial charge in [-0.2, -0.15) is 5.26 Å². The van der Waals surface area contributed by atoms with E-state index in [-0.39, 0.29) is 5.75 Å². The molecule has 3 nitrogen and oxygen atoms in total. The first kappa shape index (κ1) is 13.7. The normalized spacial score (nSPS) is 14.5. The molecule has 21 heavy (non-hydrogen) atoms. The standard InChI is InChI=1S/C18H18N2O/c1-2-20-9-8-15-16(13-6-4-3-5-7-13)10-14(11-19)18(21)17(15)12-20/h3-7,10,21H,2,8-9,12H2,1H3. The maximum absolute atomic E-state index is 10.4. The Bertz CT molecular complexity index is 701. The molecule has 0 saturated carbocycles. The molecule has 106 valence electrons. The highest BCUT2D eigenvalue weighted by atomic mass is 16.3. The Morgan fingerprint density at radius 2 is 2.00 bits per heavy atom. The predicted molar refractivity (Wildman–Crippen MR) is 82.9 cm³/mol. The zero-order chi connectivity index (χ0) is 14.8. The average molecular weight is 278 g/mol. The lowest BCUT2D eigenvalue weighted by Gasteiger charge is -2.30. The van der Waals surface area contributed by atoms with Gasteiger partial charge < -0.3 is 5.11 Å². The Hall–Kier alpha value is -2.31. The van der Waals surface area contributed by atoms with Crippen molar-refractivity contribution in [3.8, 4) is 22.9 Å². The van der Waals surface area contributed by atoms with Crippen LogP contribution in [0.15, 0.2) is 36.4 Å². The van der Waals surface area contributed by atoms with E-state index >= 15 is 0 Å². The van der Waals surface area contributed by atoms with Crippen molar-refractivity contribution in [1.29, 1.82) is 5.26 Å². The molecule has 0 saturated heterocycles. The van der Waals surface area contributed by atoms with Crippen molar-refractivity contribution in [2.45, 2.75) is 19.9 Å². The highest BCUT2D eigenvalue weighted by molar-refractivity contribution is 5.74. The molecule has 3 rings (SSSR count). The maximum Gasteiger partial charge on any atom is 0.138 e. The third-order valence-corrected chi connectivity index (χ3v) is 4.23. The third kappa shape index (κ3) is 2.39. The number of nitrogens with zero attached hydrogens (tertiary/aromatic N) is 2. The molecule has 0 spiro atoms. The van der Waals surface area contributed by atoms with E-state index in [2.05, 4.69) is 30.0 Å². The summed E-state index contributed by atoms with van der Waals surface area (Å²) < 4.78 is 0. The van der Waals surface area contributed by atoms with E-state index in [0.717, 1.165) is 36.2 Å². The molecule has 0 atom stereocenters. The summed E-state index contributed by atoms with van der Waals surface area (Å²) in [5.41, 5.74) is 4.65. The molecular weight excluding hydrogens is 260 g/mol. The van der Waals surface area contributed by atoms with Crippen LogP contribution in [0.3, 0.4) is 0 Å². The molecule has 0 aromatic heterocycles. The number of fused-ring (bicyclic) bond motifs is 1. The number of phenolic OH excluding ortho intramolecular Hbond substituents is 1. The summed E-state index contributed by atoms with van der Waals surface area (Å²) in [5, 5.41) is 19.7. The lowest BCUT2D eigenvalue weighted by atomic mass is 9.88. The zero-order valence-corrected chi connectivity index (χ0v) is 12.1. The zero-order valence-electron chi connectivity index (χ0n) is 12.1. The third-order valence-electron chi connectivity index (χ3n) is 4.23. The van der Waals surface area contributed by atoms with Crippen molar-refractivity contribution in [1.82, 2.24) is 4.90 Å². The second kappa shape index (κ2) is 5.59. The van der Waals surface area contributed by atoms with Gasteiger partial charge in [0.1, 0.15) is 11.8 Å². The van der Waals surface area contributed by atoms with Gasteiger partial charge in [-0.05, 0) is 35.7 Å². The van der Waals surface area contributed by atoms with E-state index in [4.69, 9.17) is 0 Å². The lowest BCUT2D eigenvalue weighted by Crippen LogP contribution is -2.30. The van der Waals surface area contributed by atoms with Crippen molar-refractivity contribution in [2.24, 2.45) is 0 Å². The fourth-order valence-corrected chi connectivity index (χ4v) is 3.03. The second-order valence-corrected chi connectivity index (χ2v) is 5.37. The first-order valence-corrected chi connectivity index (χ1v) is 7.30. The van der Waals surface area contributed by atoms with Crippen LogP contribution in [0.2, 0.25) is 0 Å². The Kier molecular flexibility index (Phi) is 3.64. The molecule has 0 bridgehead atoms. The highest BCUT2D eigenvalue weighted by Gasteiger charge is 2.24. The summed E-state index contributed by atoms with van der Waals surface area (Å²) in [6.45, 7) is 4.78. The minimum Gasteiger partial charge on any atom is -0.506 e. The second-order valence-electron chi connectivity index (χ2n) is 5.37. The van der Waals surface area contributed by atoms with E-state index in [1.54, 1.807) is 0 Å². The number of nitriles is 1. The number of phenols is 1. The van der Waals surface area contributed by atoms with Gasteiger partial charge in [-0.1, -0.05) is 37.3 Å². The fraction of sp³-hybridized carbons (Fsp3) is 0.278. The van der Waals surface area contributed by atoms with E-state index in [0.29, 0.717) is 12.1 Å². The molecule has 0 aliphatic carbocycles. The number of hydrogen-bond acceptors (Lipinski definition) is 3. The number of aromatic hydroxyl groups is 1. The van der Waals surface area contributed by atoms with Crippen molar-refractivity contribution in [2.75, 3.05) is 13.1 Å². The number of benzene rings is 2. The summed E-state index contributed by atoms with van der Waals surface area (Å²) in [7, 11) is 0. The van der Waals surface area contributed by atoms with E-state index in [9.17, 15) is 10.4 Å². The van der Waals surface area contributed by atoms with Crippen molar-refractivity contribution < 1.29 is 5.11 Å². The van der Waals surface area contributed by atoms with Crippen molar-refractivity contribution in [3.63, 3.8) is 0 Å². The van der Waals surface area contributed by atoms with Crippen LogP contribution < -0.4 is 0 Å². The smallest absolute Gasteiger partial charge is 0.138 e. The van der Waals surface area contributed by atoms with Crippen molar-refractivity contribution >= 4 is 0 Å². The Morgan fingerprint density at radius 1 is 1.24 bits per heavy atom. The molecular formula is C18H18N2O. The average Bonchev–Trinajstić information content (AvgIpc) is 2.56. The summed E-state index contributed by atoms with van der Waals surface area (Å²) in [6, 6.07) is 14.0. The van der Waals surface area contributed by atoms with Crippen LogP contribution in [-0.2, 0) is 13.0 Å². The summed E-state index contributed by atoms with van der Waals surface area (Å²) in [4.78, 5) is 2.29. The van der Waals surface area contributed by atoms with Gasteiger partial charge in [0.05, 0.1) is 5.56 Å². The Labute approximate surface area is 125 Å². The Balaban J connectivity index is 2.21. The van der Waals surface area contributed by atoms with Gasteiger partial charge in [0.2, 0.25) is 0 Å². The first-order chi connectivity index (χ1) is 10.2. The monoisotopic (exact) mass is 278 g/mol. The SMILES string of the molecule is CCN1CCc2c(-c3ccccc3)cc(C#N)c(O)c2C1. The molecule has 1 heterocycles. The molecule has 0 radical (unpaired) electrons. The van der Waals surface area contributed by atoms with Crippen LogP contribution >= 0.6 is 0 Å². The van der Waals surface area contributed by atoms with Crippen LogP contribution in [0.25, 0.3) is 11.1 Å². The highest BCUT2D eigenvalue weighted by Crippen LogP contribution is 2.37. The number of likely N-dealkylation sites (N-methyl/N-ethyl adjacent to an activating group) is 1. The van der Waals surface area contributed by atoms with Gasteiger partial charge >= 0.3 is 0 Å². The minimum absolute atomic E-state index is 0.158. The quantitative estimate of drug-likeness (QED) is 0.916. The molecule has 1 aliphatic heterocycles. The molecule has 0 fully saturated rings. The van der Waals surface area contributed by atoms with Crippen LogP contribution in [-0.4, -0.2) is 23.1 Å². The maximum atomic E-state index is 10.4. The van der Waals surface area contributed by atoms with E-state index in [1.807, 2.05) is 24.3 Å². The van der Waals surface area contributed by atoms with Gasteiger partial charge in [0, 0.05) is 18.7 Å². The minimum atomic E-state index is 0.158. The van der Waals surface area contributed by atoms with Gasteiger partial charge in [-0.3, -0.25) is 4.90 Å². The topological polar surface area (TPSA) is 47.3 Å². The van der Waals surface area contributed by atoms with E-state index in [1.165, 1.54) is 5.56 Å². The Morgan fingerprint density at radius 3 is 2.67 bits per heavy atom. The van der Waals surface area contributed by atoms with Crippen LogP contribution in [0.1, 0.15) is 23.6 Å². The first-order valence-electron chi connectivity index (χ1n) is 7.30. The molecule has 2 aromatic rings. The van der Waals surface area contributed by atoms with Crippen LogP contribution in [0.4, 0.5) is 0 Å². The molecule has 1 N–H and O–H groups in total. The molecule has 2 aromatic carbocycles. The number of rotatable bonds is 2. The molecule has 1 aliphatic rings. The summed E-state index contributed by atoms with van der Waals surface area (Å²) in [5.74, 6) is 0.158. The lowest BCUT2D eigenvalue weighted by molar-refractivity contribution is 0.263. The van der Waals surface area contributed by atoms with Crippen LogP contribution in [0.5, 0.6) is 5.75 Å². The molecule has 0 amide bonds. The van der Waals surface area contributed by atoms with Crippen LogP contribution in [0, 0.1) is 11.3 Å². The predicted octanol–water partition coefficient (Wildman–Crippen LogP) is 3.31. The molecule has 3 heteroatoms. The van der Waals surface area contributed by atoms with Gasteiger partial charge in [0.15, 0.2) is 0 Å². The summed E-state index contributed by atoms with van der Waals surface area (Å²) >= 11 is 0. The number of hydrogen-bond donors (Lipinski definition) is 1. The summed E-state index contributed by atoms with van der Waals surface area (Å²) in [6.07, 6.45) is 0.909. The van der Waals surface area contributed by atoms with Gasteiger partial charge in [-0.15, -0.1) is 0 Å².